The Hall–Kier alpha value is -3.65. The molecule has 8 nitrogen and oxygen atoms in total. The summed E-state index contributed by atoms with van der Waals surface area (Å²) in [5.41, 5.74) is 9.67. The van der Waals surface area contributed by atoms with Gasteiger partial charge in [-0.15, -0.1) is 0 Å². The number of anilines is 1. The molecule has 0 unspecified atom stereocenters. The largest absolute Gasteiger partial charge is 0.396 e. The maximum Gasteiger partial charge on any atom is 0.276 e. The summed E-state index contributed by atoms with van der Waals surface area (Å²) in [6.07, 6.45) is 0. The van der Waals surface area contributed by atoms with Crippen molar-refractivity contribution in [1.29, 1.82) is 0 Å². The first kappa shape index (κ1) is 17.4. The number of nitrogen functional groups attached to an aromatic ring is 1. The zero-order valence-corrected chi connectivity index (χ0v) is 15.6. The smallest absolute Gasteiger partial charge is 0.276 e. The lowest BCUT2D eigenvalue weighted by molar-refractivity contribution is 0.0303. The molecule has 1 fully saturated rings. The highest BCUT2D eigenvalue weighted by molar-refractivity contribution is 6.04. The minimum Gasteiger partial charge on any atom is -0.396 e. The molecule has 0 spiro atoms. The number of benzene rings is 2. The number of nitrogens with one attached hydrogen (secondary N) is 2. The van der Waals surface area contributed by atoms with E-state index in [9.17, 15) is 9.59 Å². The Morgan fingerprint density at radius 1 is 1.07 bits per heavy atom. The molecule has 2 aromatic carbocycles. The molecule has 2 aromatic heterocycles. The van der Waals surface area contributed by atoms with E-state index in [0.29, 0.717) is 59.8 Å². The number of nitrogens with two attached hydrogens (primary N) is 1. The summed E-state index contributed by atoms with van der Waals surface area (Å²) in [6, 6.07) is 12.6. The molecule has 29 heavy (non-hydrogen) atoms. The van der Waals surface area contributed by atoms with Crippen molar-refractivity contribution in [2.45, 2.75) is 0 Å². The van der Waals surface area contributed by atoms with Crippen LogP contribution in [0.4, 0.5) is 5.69 Å². The minimum absolute atomic E-state index is 0.0494. The van der Waals surface area contributed by atoms with E-state index in [-0.39, 0.29) is 17.2 Å². The summed E-state index contributed by atoms with van der Waals surface area (Å²) in [7, 11) is 0. The summed E-state index contributed by atoms with van der Waals surface area (Å²) in [6.45, 7) is 2.24. The predicted molar refractivity (Wildman–Crippen MR) is 111 cm³/mol. The van der Waals surface area contributed by atoms with E-state index in [1.54, 1.807) is 29.2 Å². The quantitative estimate of drug-likeness (QED) is 0.485. The maximum atomic E-state index is 12.8. The van der Waals surface area contributed by atoms with Gasteiger partial charge >= 0.3 is 0 Å². The molecule has 0 saturated carbocycles. The first-order chi connectivity index (χ1) is 14.1. The summed E-state index contributed by atoms with van der Waals surface area (Å²) in [4.78, 5) is 37.6. The molecule has 5 rings (SSSR count). The molecular weight excluding hydrogens is 370 g/mol. The van der Waals surface area contributed by atoms with Gasteiger partial charge in [-0.25, -0.2) is 4.98 Å². The molecule has 8 heteroatoms. The number of hydrogen-bond donors (Lipinski definition) is 3. The molecule has 1 aliphatic rings. The molecule has 1 aliphatic heterocycles. The molecule has 4 aromatic rings. The second kappa shape index (κ2) is 6.75. The number of hydrogen-bond acceptors (Lipinski definition) is 5. The highest BCUT2D eigenvalue weighted by Gasteiger charge is 2.21. The van der Waals surface area contributed by atoms with Crippen LogP contribution in [0, 0.1) is 0 Å². The highest BCUT2D eigenvalue weighted by Crippen LogP contribution is 2.31. The number of aromatic amines is 2. The van der Waals surface area contributed by atoms with Crippen LogP contribution >= 0.6 is 0 Å². The zero-order chi connectivity index (χ0) is 20.0. The molecule has 4 N–H and O–H groups in total. The van der Waals surface area contributed by atoms with E-state index in [0.717, 1.165) is 5.39 Å². The molecule has 0 radical (unpaired) electrons. The maximum absolute atomic E-state index is 12.8. The fraction of sp³-hybridized carbons (Fsp3) is 0.190. The van der Waals surface area contributed by atoms with E-state index >= 15 is 0 Å². The molecular formula is C21H19N5O3. The van der Waals surface area contributed by atoms with E-state index < -0.39 is 0 Å². The van der Waals surface area contributed by atoms with Crippen LogP contribution in [0.25, 0.3) is 33.3 Å². The van der Waals surface area contributed by atoms with Gasteiger partial charge in [0.05, 0.1) is 35.6 Å². The van der Waals surface area contributed by atoms with Crippen LogP contribution in [0.5, 0.6) is 0 Å². The summed E-state index contributed by atoms with van der Waals surface area (Å²) in [5.74, 6) is -0.0494. The second-order valence-electron chi connectivity index (χ2n) is 7.01. The van der Waals surface area contributed by atoms with Crippen molar-refractivity contribution in [3.05, 3.63) is 58.4 Å². The number of rotatable bonds is 2. The van der Waals surface area contributed by atoms with Gasteiger partial charge in [0.15, 0.2) is 5.69 Å². The average Bonchev–Trinajstić information content (AvgIpc) is 3.09. The zero-order valence-electron chi connectivity index (χ0n) is 15.6. The average molecular weight is 389 g/mol. The molecule has 146 valence electrons. The van der Waals surface area contributed by atoms with Gasteiger partial charge in [0.1, 0.15) is 0 Å². The van der Waals surface area contributed by atoms with Crippen LogP contribution in [0.15, 0.2) is 47.3 Å². The number of carbonyl (C=O) groups excluding carboxylic acids is 1. The number of morpholine rings is 1. The number of para-hydroxylation sites is 2. The first-order valence-electron chi connectivity index (χ1n) is 9.39. The van der Waals surface area contributed by atoms with Gasteiger partial charge in [-0.2, -0.15) is 0 Å². The molecule has 0 aliphatic carbocycles. The van der Waals surface area contributed by atoms with Gasteiger partial charge < -0.3 is 25.3 Å². The number of aromatic nitrogens is 3. The molecule has 1 amide bonds. The molecule has 0 atom stereocenters. The van der Waals surface area contributed by atoms with Gasteiger partial charge in [-0.05, 0) is 30.3 Å². The van der Waals surface area contributed by atoms with Crippen molar-refractivity contribution in [3.63, 3.8) is 0 Å². The van der Waals surface area contributed by atoms with Crippen LogP contribution in [-0.4, -0.2) is 52.1 Å². The third kappa shape index (κ3) is 2.94. The van der Waals surface area contributed by atoms with E-state index in [4.69, 9.17) is 10.5 Å². The molecule has 1 saturated heterocycles. The van der Waals surface area contributed by atoms with Crippen LogP contribution in [0.3, 0.4) is 0 Å². The highest BCUT2D eigenvalue weighted by atomic mass is 16.5. The number of H-pyrrole nitrogens is 2. The fourth-order valence-corrected chi connectivity index (χ4v) is 3.69. The van der Waals surface area contributed by atoms with Crippen molar-refractivity contribution in [1.82, 2.24) is 19.9 Å². The van der Waals surface area contributed by atoms with Gasteiger partial charge in [-0.1, -0.05) is 12.1 Å². The lowest BCUT2D eigenvalue weighted by atomic mass is 10.1. The number of carbonyl (C=O) groups is 1. The van der Waals surface area contributed by atoms with E-state index in [1.807, 2.05) is 18.2 Å². The monoisotopic (exact) mass is 389 g/mol. The van der Waals surface area contributed by atoms with Crippen LogP contribution in [0.1, 0.15) is 10.4 Å². The van der Waals surface area contributed by atoms with Gasteiger partial charge in [-0.3, -0.25) is 9.59 Å². The summed E-state index contributed by atoms with van der Waals surface area (Å²) >= 11 is 0. The van der Waals surface area contributed by atoms with Crippen molar-refractivity contribution in [2.24, 2.45) is 0 Å². The number of fused-ring (bicyclic) bond motifs is 2. The first-order valence-corrected chi connectivity index (χ1v) is 9.39. The molecule has 0 bridgehead atoms. The topological polar surface area (TPSA) is 117 Å². The summed E-state index contributed by atoms with van der Waals surface area (Å²) < 4.78 is 5.31. The second-order valence-corrected chi connectivity index (χ2v) is 7.01. The number of nitrogens with zero attached hydrogens (tertiary/aromatic N) is 2. The van der Waals surface area contributed by atoms with Gasteiger partial charge in [0.25, 0.3) is 11.5 Å². The van der Waals surface area contributed by atoms with Crippen molar-refractivity contribution in [2.75, 3.05) is 32.0 Å². The SMILES string of the molecule is Nc1c(-c2nc3ccccc3[nH]c2=O)[nH]c2cc(C(=O)N3CCOCC3)ccc12. The van der Waals surface area contributed by atoms with Crippen molar-refractivity contribution >= 4 is 33.5 Å². The molecule has 3 heterocycles. The Morgan fingerprint density at radius 2 is 1.86 bits per heavy atom. The number of amides is 1. The third-order valence-corrected chi connectivity index (χ3v) is 5.22. The van der Waals surface area contributed by atoms with Crippen LogP contribution < -0.4 is 11.3 Å². The summed E-state index contributed by atoms with van der Waals surface area (Å²) in [5, 5.41) is 0.743. The van der Waals surface area contributed by atoms with E-state index in [2.05, 4.69) is 15.0 Å². The van der Waals surface area contributed by atoms with Crippen LogP contribution in [0.2, 0.25) is 0 Å². The Balaban J connectivity index is 1.59. The Morgan fingerprint density at radius 3 is 2.69 bits per heavy atom. The third-order valence-electron chi connectivity index (χ3n) is 5.22. The Bertz CT molecular complexity index is 1300. The van der Waals surface area contributed by atoms with Gasteiger partial charge in [0.2, 0.25) is 0 Å². The Labute approximate surface area is 165 Å². The lowest BCUT2D eigenvalue weighted by Gasteiger charge is -2.26. The number of ether oxygens (including phenoxy) is 1. The normalized spacial score (nSPS) is 14.6. The standard InChI is InChI=1S/C21H19N5O3/c22-17-13-6-5-12(21(28)26-7-9-29-10-8-26)11-16(13)24-18(17)19-20(27)25-15-4-2-1-3-14(15)23-19/h1-6,11,24H,7-10,22H2,(H,25,27). The minimum atomic E-state index is -0.327. The van der Waals surface area contributed by atoms with Crippen LogP contribution in [-0.2, 0) is 4.74 Å². The Kier molecular flexibility index (Phi) is 4.06. The van der Waals surface area contributed by atoms with Gasteiger partial charge in [0, 0.05) is 29.6 Å². The fourth-order valence-electron chi connectivity index (χ4n) is 3.69. The van der Waals surface area contributed by atoms with Crippen molar-refractivity contribution in [3.8, 4) is 11.4 Å². The van der Waals surface area contributed by atoms with Crippen molar-refractivity contribution < 1.29 is 9.53 Å². The predicted octanol–water partition coefficient (Wildman–Crippen LogP) is 2.13. The lowest BCUT2D eigenvalue weighted by Crippen LogP contribution is -2.40. The van der Waals surface area contributed by atoms with E-state index in [1.165, 1.54) is 0 Å².